The van der Waals surface area contributed by atoms with Gasteiger partial charge in [-0.05, 0) is 38.5 Å². The van der Waals surface area contributed by atoms with E-state index in [9.17, 15) is 4.39 Å². The maximum absolute atomic E-state index is 13.0. The molecule has 0 aromatic carbocycles. The smallest absolute Gasteiger partial charge is 0.177 e. The summed E-state index contributed by atoms with van der Waals surface area (Å²) in [7, 11) is 0. The molecule has 0 aliphatic heterocycles. The number of hydrogen-bond donors (Lipinski definition) is 0. The molecule has 4 heterocycles. The Kier molecular flexibility index (Phi) is 3.49. The van der Waals surface area contributed by atoms with Gasteiger partial charge in [-0.2, -0.15) is 14.7 Å². The molecule has 0 spiro atoms. The molecule has 1 saturated carbocycles. The van der Waals surface area contributed by atoms with Crippen molar-refractivity contribution >= 4 is 5.65 Å². The van der Waals surface area contributed by atoms with Crippen molar-refractivity contribution in [3.05, 3.63) is 53.8 Å². The fourth-order valence-electron chi connectivity index (χ4n) is 3.42. The molecule has 136 valence electrons. The first-order valence-electron chi connectivity index (χ1n) is 8.88. The van der Waals surface area contributed by atoms with Crippen LogP contribution in [0.1, 0.15) is 42.5 Å². The Morgan fingerprint density at radius 3 is 2.70 bits per heavy atom. The van der Waals surface area contributed by atoms with Crippen LogP contribution in [0.15, 0.2) is 30.6 Å². The number of aromatic nitrogens is 8. The molecule has 1 aliphatic carbocycles. The van der Waals surface area contributed by atoms with Gasteiger partial charge in [-0.1, -0.05) is 0 Å². The Hall–Kier alpha value is -3.23. The van der Waals surface area contributed by atoms with E-state index >= 15 is 0 Å². The van der Waals surface area contributed by atoms with Crippen LogP contribution in [0.3, 0.4) is 0 Å². The minimum Gasteiger partial charge on any atom is -0.263 e. The molecule has 0 N–H and O–H groups in total. The fourth-order valence-corrected chi connectivity index (χ4v) is 3.42. The average Bonchev–Trinajstić information content (AvgIpc) is 3.23. The predicted octanol–water partition coefficient (Wildman–Crippen LogP) is 2.52. The fraction of sp³-hybridized carbons (Fsp3) is 0.333. The van der Waals surface area contributed by atoms with Crippen molar-refractivity contribution in [1.29, 1.82) is 0 Å². The largest absolute Gasteiger partial charge is 0.263 e. The minimum absolute atomic E-state index is 0.189. The summed E-state index contributed by atoms with van der Waals surface area (Å²) < 4.78 is 16.7. The minimum atomic E-state index is -0.417. The lowest BCUT2D eigenvalue weighted by Gasteiger charge is -2.04. The van der Waals surface area contributed by atoms with E-state index in [1.165, 1.54) is 12.4 Å². The molecule has 2 atom stereocenters. The highest BCUT2D eigenvalue weighted by atomic mass is 19.1. The molecule has 8 nitrogen and oxygen atoms in total. The summed E-state index contributed by atoms with van der Waals surface area (Å²) in [6.45, 7) is 4.66. The van der Waals surface area contributed by atoms with Gasteiger partial charge in [0.15, 0.2) is 17.3 Å². The van der Waals surface area contributed by atoms with Crippen LogP contribution in [0.5, 0.6) is 0 Å². The van der Waals surface area contributed by atoms with Crippen molar-refractivity contribution < 1.29 is 4.39 Å². The van der Waals surface area contributed by atoms with E-state index < -0.39 is 5.82 Å². The molecule has 5 rings (SSSR count). The summed E-state index contributed by atoms with van der Waals surface area (Å²) in [6.07, 6.45) is 3.35. The summed E-state index contributed by atoms with van der Waals surface area (Å²) in [6, 6.07) is 5.91. The Morgan fingerprint density at radius 2 is 1.93 bits per heavy atom. The quantitative estimate of drug-likeness (QED) is 0.553. The van der Waals surface area contributed by atoms with Crippen LogP contribution in [-0.4, -0.2) is 39.6 Å². The van der Waals surface area contributed by atoms with Crippen LogP contribution >= 0.6 is 0 Å². The van der Waals surface area contributed by atoms with Crippen LogP contribution in [0.25, 0.3) is 17.0 Å². The van der Waals surface area contributed by atoms with Gasteiger partial charge < -0.3 is 0 Å². The lowest BCUT2D eigenvalue weighted by molar-refractivity contribution is 0.607. The molecule has 0 saturated heterocycles. The molecule has 9 heteroatoms. The third-order valence-corrected chi connectivity index (χ3v) is 4.92. The summed E-state index contributed by atoms with van der Waals surface area (Å²) in [5, 5.41) is 17.5. The van der Waals surface area contributed by atoms with Crippen molar-refractivity contribution in [3.8, 4) is 11.4 Å². The van der Waals surface area contributed by atoms with Gasteiger partial charge in [0.1, 0.15) is 11.5 Å². The topological polar surface area (TPSA) is 86.7 Å². The molecular weight excluding hydrogens is 347 g/mol. The van der Waals surface area contributed by atoms with Crippen molar-refractivity contribution in [2.24, 2.45) is 0 Å². The van der Waals surface area contributed by atoms with Gasteiger partial charge in [0.2, 0.25) is 0 Å². The van der Waals surface area contributed by atoms with Gasteiger partial charge in [0, 0.05) is 18.4 Å². The Morgan fingerprint density at radius 1 is 1.11 bits per heavy atom. The first-order chi connectivity index (χ1) is 13.1. The van der Waals surface area contributed by atoms with Crippen LogP contribution < -0.4 is 0 Å². The molecule has 4 aromatic rings. The van der Waals surface area contributed by atoms with E-state index in [4.69, 9.17) is 5.10 Å². The normalized spacial score (nSPS) is 18.9. The number of halogens is 1. The van der Waals surface area contributed by atoms with Crippen molar-refractivity contribution in [2.75, 3.05) is 0 Å². The summed E-state index contributed by atoms with van der Waals surface area (Å²) in [5.41, 5.74) is 3.48. The molecule has 2 unspecified atom stereocenters. The first kappa shape index (κ1) is 16.0. The van der Waals surface area contributed by atoms with Crippen molar-refractivity contribution in [1.82, 2.24) is 39.6 Å². The zero-order valence-corrected chi connectivity index (χ0v) is 14.9. The van der Waals surface area contributed by atoms with Crippen molar-refractivity contribution in [2.45, 2.75) is 38.6 Å². The monoisotopic (exact) mass is 364 g/mol. The van der Waals surface area contributed by atoms with E-state index in [2.05, 4.69) is 38.3 Å². The van der Waals surface area contributed by atoms with Gasteiger partial charge in [0.25, 0.3) is 0 Å². The van der Waals surface area contributed by atoms with E-state index in [0.29, 0.717) is 5.82 Å². The highest BCUT2D eigenvalue weighted by molar-refractivity contribution is 5.57. The number of hydrogen-bond acceptors (Lipinski definition) is 6. The Balaban J connectivity index is 1.48. The SMILES string of the molecule is CCn1nc(C2CC2c2ncc(F)cn2)cc1-c1ccc2nnc(C)n2n1. The molecule has 0 radical (unpaired) electrons. The second-order valence-corrected chi connectivity index (χ2v) is 6.71. The van der Waals surface area contributed by atoms with E-state index in [0.717, 1.165) is 41.5 Å². The standard InChI is InChI=1S/C18H17FN8/c1-3-26-16(14-4-5-17-23-22-10(2)27(17)25-14)7-15(24-26)12-6-13(12)18-20-8-11(19)9-21-18/h4-5,7-9,12-13H,3,6H2,1-2H3. The summed E-state index contributed by atoms with van der Waals surface area (Å²) in [4.78, 5) is 8.22. The van der Waals surface area contributed by atoms with Crippen LogP contribution in [-0.2, 0) is 6.54 Å². The third-order valence-electron chi connectivity index (χ3n) is 4.92. The van der Waals surface area contributed by atoms with Crippen LogP contribution in [0.4, 0.5) is 4.39 Å². The second-order valence-electron chi connectivity index (χ2n) is 6.71. The molecule has 4 aromatic heterocycles. The first-order valence-corrected chi connectivity index (χ1v) is 8.88. The molecule has 1 fully saturated rings. The van der Waals surface area contributed by atoms with E-state index in [1.807, 2.05) is 23.7 Å². The highest BCUT2D eigenvalue weighted by Crippen LogP contribution is 2.53. The van der Waals surface area contributed by atoms with E-state index in [-0.39, 0.29) is 11.8 Å². The second kappa shape index (κ2) is 5.90. The maximum atomic E-state index is 13.0. The average molecular weight is 364 g/mol. The summed E-state index contributed by atoms with van der Waals surface area (Å²) in [5.74, 6) is 1.44. The van der Waals surface area contributed by atoms with Gasteiger partial charge in [0.05, 0.1) is 23.8 Å². The Bertz CT molecular complexity index is 1130. The molecular formula is C18H17FN8. The van der Waals surface area contributed by atoms with Gasteiger partial charge in [-0.15, -0.1) is 10.2 Å². The zero-order valence-electron chi connectivity index (χ0n) is 14.9. The van der Waals surface area contributed by atoms with E-state index in [1.54, 1.807) is 4.52 Å². The number of fused-ring (bicyclic) bond motifs is 1. The molecule has 0 amide bonds. The highest BCUT2D eigenvalue weighted by Gasteiger charge is 2.43. The lowest BCUT2D eigenvalue weighted by atomic mass is 10.2. The number of rotatable bonds is 4. The summed E-state index contributed by atoms with van der Waals surface area (Å²) >= 11 is 0. The van der Waals surface area contributed by atoms with Crippen molar-refractivity contribution in [3.63, 3.8) is 0 Å². The zero-order chi connectivity index (χ0) is 18.5. The van der Waals surface area contributed by atoms with Gasteiger partial charge in [-0.3, -0.25) is 4.68 Å². The maximum Gasteiger partial charge on any atom is 0.177 e. The Labute approximate surface area is 154 Å². The number of nitrogens with zero attached hydrogens (tertiary/aromatic N) is 8. The number of aryl methyl sites for hydroxylation is 2. The molecule has 0 bridgehead atoms. The van der Waals surface area contributed by atoms with Crippen LogP contribution in [0, 0.1) is 12.7 Å². The van der Waals surface area contributed by atoms with Gasteiger partial charge >= 0.3 is 0 Å². The molecule has 27 heavy (non-hydrogen) atoms. The lowest BCUT2D eigenvalue weighted by Crippen LogP contribution is -2.03. The third kappa shape index (κ3) is 2.66. The van der Waals surface area contributed by atoms with Gasteiger partial charge in [-0.25, -0.2) is 14.4 Å². The predicted molar refractivity (Wildman–Crippen MR) is 94.5 cm³/mol. The molecule has 1 aliphatic rings. The van der Waals surface area contributed by atoms with Crippen LogP contribution in [0.2, 0.25) is 0 Å².